The van der Waals surface area contributed by atoms with Gasteiger partial charge in [-0.2, -0.15) is 13.2 Å². The minimum Gasteiger partial charge on any atom is -0.480 e. The Hall–Kier alpha value is -2.47. The lowest BCUT2D eigenvalue weighted by molar-refractivity contribution is -0.142. The molecule has 2 rings (SSSR count). The summed E-state index contributed by atoms with van der Waals surface area (Å²) in [7, 11) is 2.53. The summed E-state index contributed by atoms with van der Waals surface area (Å²) in [5.74, 6) is -1.10. The number of carbonyl (C=O) groups is 1. The molecule has 0 aliphatic carbocycles. The smallest absolute Gasteiger partial charge is 0.434 e. The second-order valence-corrected chi connectivity index (χ2v) is 7.75. The fourth-order valence-electron chi connectivity index (χ4n) is 2.18. The Morgan fingerprint density at radius 2 is 1.71 bits per heavy atom. The topological polar surface area (TPSA) is 106 Å². The molecule has 8 nitrogen and oxygen atoms in total. The summed E-state index contributed by atoms with van der Waals surface area (Å²) in [5.41, 5.74) is -2.32. The van der Waals surface area contributed by atoms with Gasteiger partial charge in [-0.05, 0) is 5.41 Å². The number of amides is 1. The van der Waals surface area contributed by atoms with Crippen molar-refractivity contribution in [2.24, 2.45) is 5.41 Å². The highest BCUT2D eigenvalue weighted by molar-refractivity contribution is 7.16. The van der Waals surface area contributed by atoms with Crippen LogP contribution in [0.1, 0.15) is 47.8 Å². The lowest BCUT2D eigenvalue weighted by atomic mass is 9.88. The lowest BCUT2D eigenvalue weighted by Gasteiger charge is -2.25. The van der Waals surface area contributed by atoms with Crippen molar-refractivity contribution < 1.29 is 32.5 Å². The zero-order chi connectivity index (χ0) is 21.3. The van der Waals surface area contributed by atoms with Crippen molar-refractivity contribution >= 4 is 22.4 Å². The van der Waals surface area contributed by atoms with Gasteiger partial charge in [0.1, 0.15) is 6.33 Å². The van der Waals surface area contributed by atoms with Gasteiger partial charge < -0.3 is 14.6 Å². The number of methoxy groups -OCH3 is 2. The van der Waals surface area contributed by atoms with Crippen LogP contribution in [-0.4, -0.2) is 40.2 Å². The van der Waals surface area contributed by atoms with Crippen LogP contribution in [0.15, 0.2) is 6.33 Å². The van der Waals surface area contributed by atoms with Crippen molar-refractivity contribution in [2.75, 3.05) is 19.5 Å². The zero-order valence-corrected chi connectivity index (χ0v) is 16.5. The summed E-state index contributed by atoms with van der Waals surface area (Å²) >= 11 is 0.536. The summed E-state index contributed by atoms with van der Waals surface area (Å²) in [5, 5.41) is 12.2. The van der Waals surface area contributed by atoms with Crippen LogP contribution in [0.25, 0.3) is 0 Å². The molecule has 0 saturated carbocycles. The molecular formula is C16H19F3N4O4S. The number of nitrogens with one attached hydrogen (secondary N) is 1. The number of carbonyl (C=O) groups excluding carboxylic acids is 1. The Morgan fingerprint density at radius 3 is 2.14 bits per heavy atom. The number of rotatable bonds is 5. The summed E-state index contributed by atoms with van der Waals surface area (Å²) in [6, 6.07) is 0. The molecule has 1 atom stereocenters. The number of alkyl halides is 3. The largest absolute Gasteiger partial charge is 0.480 e. The van der Waals surface area contributed by atoms with Crippen LogP contribution >= 0.6 is 11.3 Å². The van der Waals surface area contributed by atoms with E-state index in [-0.39, 0.29) is 22.5 Å². The minimum absolute atomic E-state index is 0.119. The first-order chi connectivity index (χ1) is 12.9. The Bertz CT molecular complexity index is 842. The summed E-state index contributed by atoms with van der Waals surface area (Å²) in [6.45, 7) is 4.77. The van der Waals surface area contributed by atoms with Gasteiger partial charge in [0, 0.05) is 0 Å². The second-order valence-electron chi connectivity index (χ2n) is 6.72. The highest BCUT2D eigenvalue weighted by atomic mass is 32.1. The first kappa shape index (κ1) is 21.8. The molecule has 2 heterocycles. The van der Waals surface area contributed by atoms with E-state index in [4.69, 9.17) is 9.47 Å². The Kier molecular flexibility index (Phi) is 6.14. The van der Waals surface area contributed by atoms with Crippen LogP contribution in [0.5, 0.6) is 11.8 Å². The van der Waals surface area contributed by atoms with E-state index in [0.29, 0.717) is 11.3 Å². The first-order valence-corrected chi connectivity index (χ1v) is 8.72. The SMILES string of the molecule is COc1ncnc(OC)c1C(=O)Nc1nc(C(F)(F)F)c(C(O)C(C)(C)C)s1. The predicted octanol–water partition coefficient (Wildman–Crippen LogP) is 3.30. The fraction of sp³-hybridized carbons (Fsp3) is 0.500. The average Bonchev–Trinajstić information content (AvgIpc) is 3.03. The maximum atomic E-state index is 13.4. The van der Waals surface area contributed by atoms with Crippen LogP contribution in [0.4, 0.5) is 18.3 Å². The van der Waals surface area contributed by atoms with E-state index >= 15 is 0 Å². The van der Waals surface area contributed by atoms with Crippen molar-refractivity contribution in [3.63, 3.8) is 0 Å². The Labute approximate surface area is 162 Å². The quantitative estimate of drug-likeness (QED) is 0.764. The van der Waals surface area contributed by atoms with Crippen molar-refractivity contribution in [2.45, 2.75) is 33.1 Å². The van der Waals surface area contributed by atoms with Crippen LogP contribution in [0, 0.1) is 5.41 Å². The molecule has 0 aromatic carbocycles. The molecule has 2 N–H and O–H groups in total. The number of anilines is 1. The van der Waals surface area contributed by atoms with Crippen molar-refractivity contribution in [3.05, 3.63) is 22.5 Å². The van der Waals surface area contributed by atoms with Crippen LogP contribution in [0.2, 0.25) is 0 Å². The van der Waals surface area contributed by atoms with Crippen LogP contribution in [-0.2, 0) is 6.18 Å². The molecule has 12 heteroatoms. The van der Waals surface area contributed by atoms with Gasteiger partial charge >= 0.3 is 6.18 Å². The van der Waals surface area contributed by atoms with E-state index in [0.717, 1.165) is 6.33 Å². The van der Waals surface area contributed by atoms with Gasteiger partial charge in [0.05, 0.1) is 25.2 Å². The van der Waals surface area contributed by atoms with Gasteiger partial charge in [0.15, 0.2) is 16.4 Å². The first-order valence-electron chi connectivity index (χ1n) is 7.90. The summed E-state index contributed by atoms with van der Waals surface area (Å²) in [6.07, 6.45) is -5.12. The fourth-order valence-corrected chi connectivity index (χ4v) is 3.40. The predicted molar refractivity (Wildman–Crippen MR) is 94.6 cm³/mol. The zero-order valence-electron chi connectivity index (χ0n) is 15.7. The average molecular weight is 420 g/mol. The molecule has 0 bridgehead atoms. The number of aliphatic hydroxyl groups is 1. The van der Waals surface area contributed by atoms with Crippen molar-refractivity contribution in [3.8, 4) is 11.8 Å². The molecule has 0 radical (unpaired) electrons. The molecule has 2 aromatic heterocycles. The van der Waals surface area contributed by atoms with Crippen LogP contribution < -0.4 is 14.8 Å². The number of aliphatic hydroxyl groups excluding tert-OH is 1. The minimum atomic E-state index is -4.80. The molecule has 1 unspecified atom stereocenters. The molecule has 1 amide bonds. The highest BCUT2D eigenvalue weighted by Gasteiger charge is 2.42. The Balaban J connectivity index is 2.46. The summed E-state index contributed by atoms with van der Waals surface area (Å²) in [4.78, 5) is 23.2. The van der Waals surface area contributed by atoms with E-state index in [9.17, 15) is 23.1 Å². The van der Waals surface area contributed by atoms with Gasteiger partial charge in [-0.25, -0.2) is 15.0 Å². The highest BCUT2D eigenvalue weighted by Crippen LogP contribution is 2.44. The standard InChI is InChI=1S/C16H19F3N4O4S/c1-15(2,3)10(24)8-9(16(17,18)19)22-14(28-8)23-11(25)7-12(26-4)20-6-21-13(7)27-5/h6,10,24H,1-5H3,(H,22,23,25). The molecule has 2 aromatic rings. The Morgan fingerprint density at radius 1 is 1.18 bits per heavy atom. The monoisotopic (exact) mass is 420 g/mol. The van der Waals surface area contributed by atoms with Gasteiger partial charge in [-0.3, -0.25) is 10.1 Å². The maximum Gasteiger partial charge on any atom is 0.434 e. The van der Waals surface area contributed by atoms with E-state index in [1.54, 1.807) is 20.8 Å². The van der Waals surface area contributed by atoms with E-state index in [1.807, 2.05) is 0 Å². The number of nitrogens with zero attached hydrogens (tertiary/aromatic N) is 3. The number of hydrogen-bond donors (Lipinski definition) is 2. The van der Waals surface area contributed by atoms with Crippen molar-refractivity contribution in [1.29, 1.82) is 0 Å². The van der Waals surface area contributed by atoms with Gasteiger partial charge in [0.2, 0.25) is 11.8 Å². The number of aromatic nitrogens is 3. The molecule has 154 valence electrons. The third-order valence-corrected chi connectivity index (χ3v) is 4.63. The second kappa shape index (κ2) is 7.87. The molecule has 0 aliphatic heterocycles. The molecule has 0 saturated heterocycles. The maximum absolute atomic E-state index is 13.4. The van der Waals surface area contributed by atoms with E-state index in [1.165, 1.54) is 14.2 Å². The van der Waals surface area contributed by atoms with Gasteiger partial charge in [0.25, 0.3) is 5.91 Å². The van der Waals surface area contributed by atoms with Crippen LogP contribution in [0.3, 0.4) is 0 Å². The molecule has 0 spiro atoms. The lowest BCUT2D eigenvalue weighted by Crippen LogP contribution is -2.20. The normalized spacial score (nSPS) is 13.2. The summed E-state index contributed by atoms with van der Waals surface area (Å²) < 4.78 is 50.1. The number of halogens is 3. The molecule has 28 heavy (non-hydrogen) atoms. The van der Waals surface area contributed by atoms with E-state index < -0.39 is 34.2 Å². The molecule has 0 aliphatic rings. The molecule has 0 fully saturated rings. The molecular weight excluding hydrogens is 401 g/mol. The van der Waals surface area contributed by atoms with E-state index in [2.05, 4.69) is 20.3 Å². The third kappa shape index (κ3) is 4.50. The third-order valence-electron chi connectivity index (χ3n) is 3.60. The van der Waals surface area contributed by atoms with Gasteiger partial charge in [-0.15, -0.1) is 0 Å². The number of hydrogen-bond acceptors (Lipinski definition) is 8. The van der Waals surface area contributed by atoms with Crippen molar-refractivity contribution in [1.82, 2.24) is 15.0 Å². The number of ether oxygens (including phenoxy) is 2. The van der Waals surface area contributed by atoms with Gasteiger partial charge in [-0.1, -0.05) is 32.1 Å². The number of thiazole rings is 1.